The average Bonchev–Trinajstić information content (AvgIpc) is 2.42. The summed E-state index contributed by atoms with van der Waals surface area (Å²) in [6.07, 6.45) is 0. The Bertz CT molecular complexity index is 664. The molecule has 2 aromatic carbocycles. The van der Waals surface area contributed by atoms with Crippen molar-refractivity contribution in [3.63, 3.8) is 0 Å². The third kappa shape index (κ3) is 3.95. The lowest BCUT2D eigenvalue weighted by Gasteiger charge is -2.09. The predicted molar refractivity (Wildman–Crippen MR) is 79.2 cm³/mol. The highest BCUT2D eigenvalue weighted by Gasteiger charge is 2.06. The van der Waals surface area contributed by atoms with Crippen molar-refractivity contribution >= 4 is 5.84 Å². The van der Waals surface area contributed by atoms with Crippen LogP contribution in [-0.2, 0) is 6.61 Å². The van der Waals surface area contributed by atoms with Crippen molar-refractivity contribution in [3.8, 4) is 5.75 Å². The number of hydrogen-bond donors (Lipinski definition) is 2. The van der Waals surface area contributed by atoms with E-state index in [1.54, 1.807) is 6.07 Å². The van der Waals surface area contributed by atoms with Gasteiger partial charge in [-0.3, -0.25) is 0 Å². The molecule has 0 heterocycles. The molecule has 2 aromatic rings. The molecule has 0 aliphatic heterocycles. The minimum Gasteiger partial charge on any atom is -0.489 e. The third-order valence-corrected chi connectivity index (χ3v) is 2.96. The van der Waals surface area contributed by atoms with Crippen molar-refractivity contribution in [2.45, 2.75) is 20.5 Å². The number of nitrogens with zero attached hydrogens (tertiary/aromatic N) is 1. The first-order chi connectivity index (χ1) is 9.97. The first-order valence-corrected chi connectivity index (χ1v) is 6.46. The van der Waals surface area contributed by atoms with Gasteiger partial charge in [0.2, 0.25) is 0 Å². The fourth-order valence-corrected chi connectivity index (χ4v) is 2.12. The molecule has 5 heteroatoms. The summed E-state index contributed by atoms with van der Waals surface area (Å²) in [5, 5.41) is 11.5. The number of aryl methyl sites for hydroxylation is 2. The molecule has 0 bridgehead atoms. The second-order valence-electron chi connectivity index (χ2n) is 4.95. The molecular weight excluding hydrogens is 271 g/mol. The molecule has 0 aliphatic rings. The predicted octanol–water partition coefficient (Wildman–Crippen LogP) is 3.12. The Labute approximate surface area is 122 Å². The molecule has 0 atom stereocenters. The SMILES string of the molecule is Cc1cc(C)cc(OCc2cc(F)cc(/C(N)=N/O)c2)c1. The third-order valence-electron chi connectivity index (χ3n) is 2.96. The second kappa shape index (κ2) is 6.26. The fourth-order valence-electron chi connectivity index (χ4n) is 2.12. The maximum Gasteiger partial charge on any atom is 0.170 e. The van der Waals surface area contributed by atoms with Gasteiger partial charge >= 0.3 is 0 Å². The molecule has 0 spiro atoms. The first kappa shape index (κ1) is 14.8. The van der Waals surface area contributed by atoms with Crippen LogP contribution in [0.25, 0.3) is 0 Å². The molecule has 0 aromatic heterocycles. The number of amidine groups is 1. The van der Waals surface area contributed by atoms with Gasteiger partial charge in [0.1, 0.15) is 18.2 Å². The maximum atomic E-state index is 13.5. The normalized spacial score (nSPS) is 11.5. The van der Waals surface area contributed by atoms with Crippen LogP contribution in [0.2, 0.25) is 0 Å². The van der Waals surface area contributed by atoms with E-state index >= 15 is 0 Å². The van der Waals surface area contributed by atoms with Crippen molar-refractivity contribution in [2.75, 3.05) is 0 Å². The van der Waals surface area contributed by atoms with Crippen LogP contribution in [0, 0.1) is 19.7 Å². The lowest BCUT2D eigenvalue weighted by molar-refractivity contribution is 0.305. The molecule has 0 aliphatic carbocycles. The number of ether oxygens (including phenoxy) is 1. The monoisotopic (exact) mass is 288 g/mol. The zero-order valence-corrected chi connectivity index (χ0v) is 11.9. The smallest absolute Gasteiger partial charge is 0.170 e. The number of nitrogens with two attached hydrogens (primary N) is 1. The number of rotatable bonds is 4. The van der Waals surface area contributed by atoms with Crippen LogP contribution in [0.15, 0.2) is 41.6 Å². The molecule has 110 valence electrons. The van der Waals surface area contributed by atoms with Crippen molar-refractivity contribution in [1.82, 2.24) is 0 Å². The number of benzene rings is 2. The molecule has 0 saturated heterocycles. The van der Waals surface area contributed by atoms with E-state index < -0.39 is 5.82 Å². The summed E-state index contributed by atoms with van der Waals surface area (Å²) < 4.78 is 19.2. The Kier molecular flexibility index (Phi) is 4.42. The summed E-state index contributed by atoms with van der Waals surface area (Å²) >= 11 is 0. The van der Waals surface area contributed by atoms with E-state index in [1.165, 1.54) is 12.1 Å². The van der Waals surface area contributed by atoms with E-state index in [9.17, 15) is 4.39 Å². The van der Waals surface area contributed by atoms with Gasteiger partial charge < -0.3 is 15.7 Å². The van der Waals surface area contributed by atoms with Crippen LogP contribution in [0.1, 0.15) is 22.3 Å². The summed E-state index contributed by atoms with van der Waals surface area (Å²) in [5.74, 6) is 0.127. The Morgan fingerprint density at radius 3 is 2.43 bits per heavy atom. The fraction of sp³-hybridized carbons (Fsp3) is 0.188. The summed E-state index contributed by atoms with van der Waals surface area (Å²) in [4.78, 5) is 0. The van der Waals surface area contributed by atoms with Gasteiger partial charge in [0.25, 0.3) is 0 Å². The van der Waals surface area contributed by atoms with Gasteiger partial charge in [0, 0.05) is 5.56 Å². The van der Waals surface area contributed by atoms with Gasteiger partial charge in [-0.05, 0) is 60.9 Å². The molecule has 3 N–H and O–H groups in total. The van der Waals surface area contributed by atoms with Gasteiger partial charge in [-0.15, -0.1) is 0 Å². The van der Waals surface area contributed by atoms with Crippen LogP contribution in [0.4, 0.5) is 4.39 Å². The molecule has 2 rings (SSSR count). The molecule has 0 fully saturated rings. The Morgan fingerprint density at radius 1 is 1.14 bits per heavy atom. The molecule has 0 radical (unpaired) electrons. The van der Waals surface area contributed by atoms with Crippen LogP contribution in [0.5, 0.6) is 5.75 Å². The molecule has 21 heavy (non-hydrogen) atoms. The zero-order chi connectivity index (χ0) is 15.4. The van der Waals surface area contributed by atoms with Gasteiger partial charge in [0.15, 0.2) is 5.84 Å². The zero-order valence-electron chi connectivity index (χ0n) is 11.9. The number of halogens is 1. The molecule has 0 saturated carbocycles. The molecular formula is C16H17FN2O2. The van der Waals surface area contributed by atoms with Crippen molar-refractivity contribution in [3.05, 3.63) is 64.5 Å². The highest BCUT2D eigenvalue weighted by Crippen LogP contribution is 2.18. The minimum absolute atomic E-state index is 0.137. The van der Waals surface area contributed by atoms with Crippen LogP contribution in [0.3, 0.4) is 0 Å². The van der Waals surface area contributed by atoms with Crippen molar-refractivity contribution in [1.29, 1.82) is 0 Å². The topological polar surface area (TPSA) is 67.8 Å². The van der Waals surface area contributed by atoms with Crippen LogP contribution >= 0.6 is 0 Å². The van der Waals surface area contributed by atoms with E-state index in [-0.39, 0.29) is 12.4 Å². The second-order valence-corrected chi connectivity index (χ2v) is 4.95. The van der Waals surface area contributed by atoms with E-state index in [0.717, 1.165) is 16.9 Å². The lowest BCUT2D eigenvalue weighted by Crippen LogP contribution is -2.14. The maximum absolute atomic E-state index is 13.5. The van der Waals surface area contributed by atoms with Gasteiger partial charge in [0.05, 0.1) is 0 Å². The van der Waals surface area contributed by atoms with Gasteiger partial charge in [-0.25, -0.2) is 4.39 Å². The van der Waals surface area contributed by atoms with Gasteiger partial charge in [-0.2, -0.15) is 0 Å². The Hall–Kier alpha value is -2.56. The quantitative estimate of drug-likeness (QED) is 0.393. The van der Waals surface area contributed by atoms with Crippen LogP contribution < -0.4 is 10.5 Å². The van der Waals surface area contributed by atoms with E-state index in [0.29, 0.717) is 11.1 Å². The summed E-state index contributed by atoms with van der Waals surface area (Å²) in [6.45, 7) is 4.17. The van der Waals surface area contributed by atoms with Crippen LogP contribution in [-0.4, -0.2) is 11.0 Å². The van der Waals surface area contributed by atoms with Crippen molar-refractivity contribution < 1.29 is 14.3 Å². The molecule has 0 amide bonds. The first-order valence-electron chi connectivity index (χ1n) is 6.46. The van der Waals surface area contributed by atoms with E-state index in [4.69, 9.17) is 15.7 Å². The number of hydrogen-bond acceptors (Lipinski definition) is 3. The number of oxime groups is 1. The minimum atomic E-state index is -0.460. The van der Waals surface area contributed by atoms with Gasteiger partial charge in [-0.1, -0.05) is 11.2 Å². The Balaban J connectivity index is 2.18. The largest absolute Gasteiger partial charge is 0.489 e. The van der Waals surface area contributed by atoms with Crippen molar-refractivity contribution in [2.24, 2.45) is 10.9 Å². The highest BCUT2D eigenvalue weighted by molar-refractivity contribution is 5.97. The summed E-state index contributed by atoms with van der Waals surface area (Å²) in [5.41, 5.74) is 8.59. The molecule has 4 nitrogen and oxygen atoms in total. The lowest BCUT2D eigenvalue weighted by atomic mass is 10.1. The summed E-state index contributed by atoms with van der Waals surface area (Å²) in [6, 6.07) is 10.1. The summed E-state index contributed by atoms with van der Waals surface area (Å²) in [7, 11) is 0. The van der Waals surface area contributed by atoms with E-state index in [2.05, 4.69) is 5.16 Å². The average molecular weight is 288 g/mol. The molecule has 0 unspecified atom stereocenters. The van der Waals surface area contributed by atoms with E-state index in [1.807, 2.05) is 32.0 Å². The standard InChI is InChI=1S/C16H17FN2O2/c1-10-3-11(2)5-15(4-10)21-9-12-6-13(16(18)19-20)8-14(17)7-12/h3-8,20H,9H2,1-2H3,(H2,18,19). The Morgan fingerprint density at radius 2 is 1.81 bits per heavy atom. The highest BCUT2D eigenvalue weighted by atomic mass is 19.1.